The molecule has 0 unspecified atom stereocenters. The van der Waals surface area contributed by atoms with Gasteiger partial charge in [0.1, 0.15) is 24.8 Å². The SMILES string of the molecule is Cc1cc(C)n(/N=C/c2ccc(OCc3ccccc3)c(OCc3ccccc3)c2)c(=O)c1C#N. The van der Waals surface area contributed by atoms with Gasteiger partial charge in [-0.15, -0.1) is 0 Å². The van der Waals surface area contributed by atoms with Gasteiger partial charge in [-0.2, -0.15) is 10.4 Å². The smallest absolute Gasteiger partial charge is 0.289 e. The molecule has 0 spiro atoms. The van der Waals surface area contributed by atoms with Gasteiger partial charge in [0, 0.05) is 5.69 Å². The van der Waals surface area contributed by atoms with Gasteiger partial charge in [0.15, 0.2) is 11.5 Å². The summed E-state index contributed by atoms with van der Waals surface area (Å²) in [5.74, 6) is 1.18. The zero-order valence-electron chi connectivity index (χ0n) is 19.6. The highest BCUT2D eigenvalue weighted by Gasteiger charge is 2.10. The maximum absolute atomic E-state index is 12.6. The Morgan fingerprint density at radius 1 is 0.857 bits per heavy atom. The predicted octanol–water partition coefficient (Wildman–Crippen LogP) is 5.38. The topological polar surface area (TPSA) is 76.6 Å². The van der Waals surface area contributed by atoms with E-state index in [0.717, 1.165) is 16.7 Å². The van der Waals surface area contributed by atoms with Gasteiger partial charge in [0.05, 0.1) is 6.21 Å². The third kappa shape index (κ3) is 5.84. The summed E-state index contributed by atoms with van der Waals surface area (Å²) in [6, 6.07) is 29.0. The average molecular weight is 464 g/mol. The number of nitriles is 1. The number of nitrogens with zero attached hydrogens (tertiary/aromatic N) is 3. The number of aromatic nitrogens is 1. The Morgan fingerprint density at radius 2 is 1.46 bits per heavy atom. The van der Waals surface area contributed by atoms with Crippen molar-refractivity contribution in [3.63, 3.8) is 0 Å². The minimum Gasteiger partial charge on any atom is -0.485 e. The first kappa shape index (κ1) is 23.5. The minimum absolute atomic E-state index is 0.0873. The molecule has 0 fully saturated rings. The van der Waals surface area contributed by atoms with Crippen molar-refractivity contribution in [1.82, 2.24) is 4.68 Å². The Balaban J connectivity index is 1.62. The summed E-state index contributed by atoms with van der Waals surface area (Å²) in [6.07, 6.45) is 1.57. The first-order valence-electron chi connectivity index (χ1n) is 11.2. The monoisotopic (exact) mass is 463 g/mol. The van der Waals surface area contributed by atoms with Gasteiger partial charge in [-0.3, -0.25) is 4.79 Å². The van der Waals surface area contributed by atoms with Crippen LogP contribution in [0.2, 0.25) is 0 Å². The summed E-state index contributed by atoms with van der Waals surface area (Å²) in [4.78, 5) is 12.6. The molecule has 35 heavy (non-hydrogen) atoms. The highest BCUT2D eigenvalue weighted by atomic mass is 16.5. The molecule has 1 heterocycles. The van der Waals surface area contributed by atoms with E-state index in [9.17, 15) is 10.1 Å². The summed E-state index contributed by atoms with van der Waals surface area (Å²) in [6.45, 7) is 4.31. The molecule has 0 bridgehead atoms. The van der Waals surface area contributed by atoms with Gasteiger partial charge in [-0.05, 0) is 60.4 Å². The van der Waals surface area contributed by atoms with Gasteiger partial charge in [0.2, 0.25) is 0 Å². The molecule has 0 saturated carbocycles. The average Bonchev–Trinajstić information content (AvgIpc) is 2.88. The highest BCUT2D eigenvalue weighted by molar-refractivity contribution is 5.80. The molecule has 4 rings (SSSR count). The van der Waals surface area contributed by atoms with Crippen molar-refractivity contribution in [3.8, 4) is 17.6 Å². The number of pyridine rings is 1. The second-order valence-corrected chi connectivity index (χ2v) is 8.07. The third-order valence-corrected chi connectivity index (χ3v) is 5.44. The second-order valence-electron chi connectivity index (χ2n) is 8.07. The number of benzene rings is 3. The lowest BCUT2D eigenvalue weighted by atomic mass is 10.1. The number of ether oxygens (including phenoxy) is 2. The lowest BCUT2D eigenvalue weighted by molar-refractivity contribution is 0.256. The summed E-state index contributed by atoms with van der Waals surface area (Å²) in [5.41, 5.74) is 3.74. The van der Waals surface area contributed by atoms with Gasteiger partial charge in [0.25, 0.3) is 5.56 Å². The molecule has 1 aromatic heterocycles. The van der Waals surface area contributed by atoms with E-state index in [1.165, 1.54) is 4.68 Å². The van der Waals surface area contributed by atoms with Gasteiger partial charge in [-0.25, -0.2) is 4.68 Å². The Bertz CT molecular complexity index is 1440. The predicted molar refractivity (Wildman–Crippen MR) is 136 cm³/mol. The Kier molecular flexibility index (Phi) is 7.39. The van der Waals surface area contributed by atoms with Crippen LogP contribution in [0, 0.1) is 25.2 Å². The van der Waals surface area contributed by atoms with Crippen molar-refractivity contribution in [2.24, 2.45) is 5.10 Å². The Morgan fingerprint density at radius 3 is 2.06 bits per heavy atom. The molecule has 0 amide bonds. The summed E-state index contributed by atoms with van der Waals surface area (Å²) >= 11 is 0. The molecule has 0 aliphatic rings. The van der Waals surface area contributed by atoms with Crippen LogP contribution in [0.15, 0.2) is 94.8 Å². The largest absolute Gasteiger partial charge is 0.485 e. The molecule has 0 atom stereocenters. The van der Waals surface area contributed by atoms with Crippen LogP contribution in [-0.2, 0) is 13.2 Å². The van der Waals surface area contributed by atoms with Crippen LogP contribution in [-0.4, -0.2) is 10.9 Å². The summed E-state index contributed by atoms with van der Waals surface area (Å²) in [5, 5.41) is 13.6. The molecule has 0 aliphatic heterocycles. The quantitative estimate of drug-likeness (QED) is 0.329. The molecule has 6 nitrogen and oxygen atoms in total. The van der Waals surface area contributed by atoms with E-state index in [2.05, 4.69) is 5.10 Å². The molecular formula is C29H25N3O3. The van der Waals surface area contributed by atoms with Crippen molar-refractivity contribution in [2.45, 2.75) is 27.1 Å². The van der Waals surface area contributed by atoms with E-state index in [1.54, 1.807) is 26.1 Å². The Hall–Kier alpha value is -4.63. The van der Waals surface area contributed by atoms with Crippen molar-refractivity contribution in [2.75, 3.05) is 0 Å². The lowest BCUT2D eigenvalue weighted by Gasteiger charge is -2.14. The van der Waals surface area contributed by atoms with Crippen LogP contribution in [0.5, 0.6) is 11.5 Å². The maximum Gasteiger partial charge on any atom is 0.289 e. The van der Waals surface area contributed by atoms with Crippen LogP contribution >= 0.6 is 0 Å². The van der Waals surface area contributed by atoms with Crippen LogP contribution in [0.1, 0.15) is 33.5 Å². The van der Waals surface area contributed by atoms with Crippen molar-refractivity contribution in [1.29, 1.82) is 5.26 Å². The third-order valence-electron chi connectivity index (χ3n) is 5.44. The van der Waals surface area contributed by atoms with Gasteiger partial charge < -0.3 is 9.47 Å². The van der Waals surface area contributed by atoms with E-state index in [1.807, 2.05) is 84.9 Å². The van der Waals surface area contributed by atoms with E-state index < -0.39 is 5.56 Å². The van der Waals surface area contributed by atoms with E-state index in [-0.39, 0.29) is 5.56 Å². The van der Waals surface area contributed by atoms with Gasteiger partial charge in [-0.1, -0.05) is 60.7 Å². The fourth-order valence-electron chi connectivity index (χ4n) is 3.59. The first-order chi connectivity index (χ1) is 17.0. The number of aryl methyl sites for hydroxylation is 2. The molecule has 6 heteroatoms. The van der Waals surface area contributed by atoms with Crippen LogP contribution in [0.25, 0.3) is 0 Å². The summed E-state index contributed by atoms with van der Waals surface area (Å²) in [7, 11) is 0. The number of hydrogen-bond donors (Lipinski definition) is 0. The first-order valence-corrected chi connectivity index (χ1v) is 11.2. The van der Waals surface area contributed by atoms with Gasteiger partial charge >= 0.3 is 0 Å². The molecule has 0 saturated heterocycles. The highest BCUT2D eigenvalue weighted by Crippen LogP contribution is 2.30. The molecule has 0 aliphatic carbocycles. The normalized spacial score (nSPS) is 10.8. The van der Waals surface area contributed by atoms with E-state index in [0.29, 0.717) is 36.0 Å². The summed E-state index contributed by atoms with van der Waals surface area (Å²) < 4.78 is 13.4. The van der Waals surface area contributed by atoms with Crippen molar-refractivity contribution >= 4 is 6.21 Å². The fourth-order valence-corrected chi connectivity index (χ4v) is 3.59. The van der Waals surface area contributed by atoms with E-state index >= 15 is 0 Å². The van der Waals surface area contributed by atoms with Crippen LogP contribution in [0.3, 0.4) is 0 Å². The number of rotatable bonds is 8. The lowest BCUT2D eigenvalue weighted by Crippen LogP contribution is -2.22. The standard InChI is InChI=1S/C29H25N3O3/c1-21-15-22(2)32(29(33)26(21)17-30)31-18-25-13-14-27(34-19-23-9-5-3-6-10-23)28(16-25)35-20-24-11-7-4-8-12-24/h3-16,18H,19-20H2,1-2H3/b31-18+. The Labute approximate surface area is 204 Å². The zero-order valence-corrected chi connectivity index (χ0v) is 19.6. The molecule has 4 aromatic rings. The fraction of sp³-hybridized carbons (Fsp3) is 0.138. The minimum atomic E-state index is -0.440. The second kappa shape index (κ2) is 11.0. The van der Waals surface area contributed by atoms with Crippen LogP contribution in [0.4, 0.5) is 0 Å². The molecule has 174 valence electrons. The van der Waals surface area contributed by atoms with E-state index in [4.69, 9.17) is 9.47 Å². The van der Waals surface area contributed by atoms with Crippen molar-refractivity contribution < 1.29 is 9.47 Å². The molecule has 0 N–H and O–H groups in total. The molecule has 0 radical (unpaired) electrons. The van der Waals surface area contributed by atoms with Crippen LogP contribution < -0.4 is 15.0 Å². The molecule has 3 aromatic carbocycles. The zero-order chi connectivity index (χ0) is 24.6. The van der Waals surface area contributed by atoms with Crippen molar-refractivity contribution in [3.05, 3.63) is 129 Å². The molecular weight excluding hydrogens is 438 g/mol. The number of hydrogen-bond acceptors (Lipinski definition) is 5. The maximum atomic E-state index is 12.6.